The molecular formula is C42H44ClN9O5S3. The van der Waals surface area contributed by atoms with Gasteiger partial charge in [0.2, 0.25) is 0 Å². The van der Waals surface area contributed by atoms with Crippen molar-refractivity contribution in [3.8, 4) is 11.1 Å². The highest BCUT2D eigenvalue weighted by molar-refractivity contribution is 8.01. The van der Waals surface area contributed by atoms with Crippen LogP contribution in [0.1, 0.15) is 12.0 Å². The van der Waals surface area contributed by atoms with Crippen LogP contribution in [0.15, 0.2) is 112 Å². The monoisotopic (exact) mass is 885 g/mol. The molecule has 2 N–H and O–H groups in total. The molecule has 312 valence electrons. The second-order valence-electron chi connectivity index (χ2n) is 14.6. The lowest BCUT2D eigenvalue weighted by Gasteiger charge is -2.36. The van der Waals surface area contributed by atoms with Gasteiger partial charge in [-0.25, -0.2) is 23.4 Å². The average molecular weight is 887 g/mol. The predicted molar refractivity (Wildman–Crippen MR) is 240 cm³/mol. The number of hydrogen-bond donors (Lipinski definition) is 2. The van der Waals surface area contributed by atoms with E-state index in [1.807, 2.05) is 47.8 Å². The second-order valence-corrected chi connectivity index (χ2v) is 18.9. The fourth-order valence-electron chi connectivity index (χ4n) is 7.49. The molecule has 2 aromatic heterocycles. The van der Waals surface area contributed by atoms with Gasteiger partial charge in [-0.15, -0.1) is 11.3 Å². The van der Waals surface area contributed by atoms with Gasteiger partial charge in [0.05, 0.1) is 28.5 Å². The number of morpholine rings is 1. The zero-order valence-electron chi connectivity index (χ0n) is 32.7. The molecule has 2 saturated heterocycles. The van der Waals surface area contributed by atoms with E-state index in [-0.39, 0.29) is 28.1 Å². The van der Waals surface area contributed by atoms with Gasteiger partial charge >= 0.3 is 0 Å². The van der Waals surface area contributed by atoms with E-state index in [1.165, 1.54) is 40.9 Å². The molecular weight excluding hydrogens is 842 g/mol. The maximum absolute atomic E-state index is 13.8. The first-order chi connectivity index (χ1) is 29.2. The Balaban J connectivity index is 0.937. The summed E-state index contributed by atoms with van der Waals surface area (Å²) in [5.74, 6) is 0.703. The van der Waals surface area contributed by atoms with Crippen LogP contribution in [-0.4, -0.2) is 109 Å². The number of halogens is 1. The van der Waals surface area contributed by atoms with Crippen molar-refractivity contribution in [2.45, 2.75) is 28.2 Å². The molecule has 0 amide bonds. The molecule has 18 heteroatoms. The third-order valence-electron chi connectivity index (χ3n) is 10.7. The van der Waals surface area contributed by atoms with Gasteiger partial charge in [-0.3, -0.25) is 24.6 Å². The summed E-state index contributed by atoms with van der Waals surface area (Å²) < 4.78 is 36.6. The van der Waals surface area contributed by atoms with Gasteiger partial charge in [0, 0.05) is 97.9 Å². The number of nitro benzene ring substituents is 1. The number of piperazine rings is 1. The third-order valence-corrected chi connectivity index (χ3v) is 14.4. The molecule has 0 saturated carbocycles. The zero-order valence-corrected chi connectivity index (χ0v) is 35.9. The number of fused-ring (bicyclic) bond motifs is 1. The molecule has 6 aromatic rings. The summed E-state index contributed by atoms with van der Waals surface area (Å²) in [4.78, 5) is 31.7. The first-order valence-electron chi connectivity index (χ1n) is 19.6. The van der Waals surface area contributed by atoms with Crippen LogP contribution in [0.4, 0.5) is 22.9 Å². The quantitative estimate of drug-likeness (QED) is 0.0553. The van der Waals surface area contributed by atoms with E-state index < -0.39 is 14.9 Å². The van der Waals surface area contributed by atoms with Crippen molar-refractivity contribution in [1.29, 1.82) is 0 Å². The highest BCUT2D eigenvalue weighted by Crippen LogP contribution is 2.33. The molecule has 1 atom stereocenters. The van der Waals surface area contributed by atoms with E-state index in [0.29, 0.717) is 34.9 Å². The van der Waals surface area contributed by atoms with Crippen molar-refractivity contribution in [3.63, 3.8) is 0 Å². The highest BCUT2D eigenvalue weighted by Gasteiger charge is 2.26. The third kappa shape index (κ3) is 10.3. The smallest absolute Gasteiger partial charge is 0.293 e. The van der Waals surface area contributed by atoms with Crippen LogP contribution in [0.3, 0.4) is 0 Å². The van der Waals surface area contributed by atoms with Gasteiger partial charge in [0.25, 0.3) is 15.7 Å². The van der Waals surface area contributed by atoms with Gasteiger partial charge in [-0.1, -0.05) is 59.8 Å². The maximum Gasteiger partial charge on any atom is 0.293 e. The lowest BCUT2D eigenvalue weighted by atomic mass is 9.99. The van der Waals surface area contributed by atoms with E-state index in [4.69, 9.17) is 16.3 Å². The second kappa shape index (κ2) is 19.2. The van der Waals surface area contributed by atoms with Crippen molar-refractivity contribution in [3.05, 3.63) is 124 Å². The predicted octanol–water partition coefficient (Wildman–Crippen LogP) is 7.73. The van der Waals surface area contributed by atoms with Crippen LogP contribution in [0.2, 0.25) is 5.02 Å². The molecule has 0 aliphatic carbocycles. The SMILES string of the molecule is O=[N+]([O-])c1cc(S(=O)(=O)Nc2ncnc3cc(N4CCN(Cc5cc(Cl)ccc5-c5ccccc5)CC4)ccc23)ccc1N[C@H](CCN1CCOCC1)CSc1nccs1. The van der Waals surface area contributed by atoms with E-state index in [2.05, 4.69) is 64.0 Å². The van der Waals surface area contributed by atoms with Gasteiger partial charge in [0.15, 0.2) is 5.82 Å². The van der Waals surface area contributed by atoms with Crippen LogP contribution in [0, 0.1) is 10.1 Å². The topological polar surface area (TPSA) is 159 Å². The number of thiazole rings is 1. The Kier molecular flexibility index (Phi) is 13.4. The molecule has 0 spiro atoms. The lowest BCUT2D eigenvalue weighted by Crippen LogP contribution is -2.46. The van der Waals surface area contributed by atoms with Gasteiger partial charge < -0.3 is 15.0 Å². The molecule has 2 aliphatic heterocycles. The van der Waals surface area contributed by atoms with E-state index >= 15 is 0 Å². The van der Waals surface area contributed by atoms with E-state index in [0.717, 1.165) is 80.4 Å². The summed E-state index contributed by atoms with van der Waals surface area (Å²) in [6.45, 7) is 7.84. The molecule has 2 fully saturated rings. The molecule has 4 aromatic carbocycles. The molecule has 0 bridgehead atoms. The number of sulfonamides is 1. The Bertz CT molecular complexity index is 2520. The fourth-order valence-corrected chi connectivity index (χ4v) is 10.5. The summed E-state index contributed by atoms with van der Waals surface area (Å²) in [6, 6.07) is 25.9. The Labute approximate surface area is 362 Å². The Morgan fingerprint density at radius 1 is 0.917 bits per heavy atom. The van der Waals surface area contributed by atoms with E-state index in [1.54, 1.807) is 18.0 Å². The molecule has 14 nitrogen and oxygen atoms in total. The van der Waals surface area contributed by atoms with Crippen LogP contribution >= 0.6 is 34.7 Å². The number of nitrogens with one attached hydrogen (secondary N) is 2. The largest absolute Gasteiger partial charge is 0.379 e. The van der Waals surface area contributed by atoms with Crippen LogP contribution in [0.25, 0.3) is 22.0 Å². The number of nitrogens with zero attached hydrogens (tertiary/aromatic N) is 7. The molecule has 60 heavy (non-hydrogen) atoms. The van der Waals surface area contributed by atoms with Gasteiger partial charge in [-0.05, 0) is 65.6 Å². The minimum absolute atomic E-state index is 0.0827. The number of ether oxygens (including phenoxy) is 1. The Morgan fingerprint density at radius 2 is 1.73 bits per heavy atom. The zero-order chi connectivity index (χ0) is 41.5. The highest BCUT2D eigenvalue weighted by atomic mass is 35.5. The van der Waals surface area contributed by atoms with Crippen molar-refractivity contribution < 1.29 is 18.1 Å². The van der Waals surface area contributed by atoms with Crippen molar-refractivity contribution in [2.24, 2.45) is 0 Å². The van der Waals surface area contributed by atoms with Gasteiger partial charge in [-0.2, -0.15) is 0 Å². The van der Waals surface area contributed by atoms with Crippen molar-refractivity contribution in [2.75, 3.05) is 79.7 Å². The molecule has 2 aliphatic rings. The standard InChI is InChI=1S/C42H44ClN9O5S3/c43-32-6-9-36(30-4-2-1-3-5-30)31(24-32)27-50-15-17-51(18-16-50)34-7-10-37-39(25-34)45-29-46-41(37)48-60(55,56)35-8-11-38(40(26-35)52(53)54)47-33(28-59-42-44-13-23-58-42)12-14-49-19-21-57-22-20-49/h1-11,13,23-26,29,33,47H,12,14-22,27-28H2,(H,45,46,48)/t33-/m1/s1. The maximum atomic E-state index is 13.8. The Morgan fingerprint density at radius 3 is 2.50 bits per heavy atom. The number of hydrogen-bond acceptors (Lipinski definition) is 14. The molecule has 8 rings (SSSR count). The number of anilines is 3. The summed E-state index contributed by atoms with van der Waals surface area (Å²) in [7, 11) is -4.28. The number of aromatic nitrogens is 3. The lowest BCUT2D eigenvalue weighted by molar-refractivity contribution is -0.384. The normalized spacial score (nSPS) is 15.8. The Hall–Kier alpha value is -4.88. The summed E-state index contributed by atoms with van der Waals surface area (Å²) >= 11 is 9.55. The van der Waals surface area contributed by atoms with Crippen LogP contribution < -0.4 is 14.9 Å². The van der Waals surface area contributed by atoms with Crippen LogP contribution in [-0.2, 0) is 21.3 Å². The van der Waals surface area contributed by atoms with E-state index in [9.17, 15) is 18.5 Å². The number of benzene rings is 4. The molecule has 0 unspecified atom stereocenters. The minimum atomic E-state index is -4.28. The number of nitro groups is 1. The van der Waals surface area contributed by atoms with Crippen molar-refractivity contribution in [1.82, 2.24) is 24.8 Å². The molecule has 4 heterocycles. The first-order valence-corrected chi connectivity index (χ1v) is 23.4. The minimum Gasteiger partial charge on any atom is -0.379 e. The fraction of sp³-hybridized carbons (Fsp3) is 0.310. The molecule has 0 radical (unpaired) electrons. The van der Waals surface area contributed by atoms with Gasteiger partial charge in [0.1, 0.15) is 16.4 Å². The number of thioether (sulfide) groups is 1. The van der Waals surface area contributed by atoms with Crippen molar-refractivity contribution >= 4 is 78.5 Å². The van der Waals surface area contributed by atoms with Crippen LogP contribution in [0.5, 0.6) is 0 Å². The summed E-state index contributed by atoms with van der Waals surface area (Å²) in [6.07, 6.45) is 3.78. The number of rotatable bonds is 16. The first kappa shape index (κ1) is 41.8. The average Bonchev–Trinajstić information content (AvgIpc) is 3.79. The summed E-state index contributed by atoms with van der Waals surface area (Å²) in [5, 5.41) is 18.9. The summed E-state index contributed by atoms with van der Waals surface area (Å²) in [5.41, 5.74) is 4.96.